The van der Waals surface area contributed by atoms with Crippen LogP contribution in [0.25, 0.3) is 0 Å². The molecule has 0 aromatic carbocycles. The molecule has 0 spiro atoms. The average molecular weight is 257 g/mol. The molecule has 1 unspecified atom stereocenters. The molecule has 3 N–H and O–H groups in total. The zero-order chi connectivity index (χ0) is 13.7. The van der Waals surface area contributed by atoms with Gasteiger partial charge in [-0.25, -0.2) is 9.59 Å². The minimum absolute atomic E-state index is 0.103. The van der Waals surface area contributed by atoms with Gasteiger partial charge in [0.25, 0.3) is 0 Å². The Hall–Kier alpha value is -1.30. The largest absolute Gasteiger partial charge is 0.480 e. The minimum atomic E-state index is -0.952. The summed E-state index contributed by atoms with van der Waals surface area (Å²) in [4.78, 5) is 24.6. The first kappa shape index (κ1) is 14.8. The van der Waals surface area contributed by atoms with Crippen LogP contribution in [0.2, 0.25) is 0 Å². The third-order valence-electron chi connectivity index (χ3n) is 3.28. The second-order valence-electron chi connectivity index (χ2n) is 5.13. The molecule has 0 heterocycles. The van der Waals surface area contributed by atoms with E-state index in [1.165, 1.54) is 0 Å². The van der Waals surface area contributed by atoms with E-state index in [-0.39, 0.29) is 5.92 Å². The topological polar surface area (TPSA) is 81.7 Å². The first-order valence-corrected chi connectivity index (χ1v) is 6.39. The van der Waals surface area contributed by atoms with Crippen molar-refractivity contribution >= 4 is 12.0 Å². The molecule has 1 aliphatic rings. The van der Waals surface area contributed by atoms with Gasteiger partial charge in [-0.1, -0.05) is 0 Å². The van der Waals surface area contributed by atoms with Gasteiger partial charge in [-0.2, -0.15) is 0 Å². The van der Waals surface area contributed by atoms with Gasteiger partial charge in [-0.05, 0) is 39.7 Å². The molecule has 6 nitrogen and oxygen atoms in total. The van der Waals surface area contributed by atoms with Crippen LogP contribution >= 0.6 is 0 Å². The standard InChI is InChI=1S/C12H23N3O3/c1-8(2)15(3)7-6-13-12(18)14-10(11(16)17)9-4-5-9/h8-10H,4-7H2,1-3H3,(H,16,17)(H2,13,14,18). The molecule has 0 saturated heterocycles. The van der Waals surface area contributed by atoms with E-state index in [4.69, 9.17) is 5.11 Å². The molecule has 0 aromatic rings. The summed E-state index contributed by atoms with van der Waals surface area (Å²) in [5.74, 6) is -0.849. The maximum Gasteiger partial charge on any atom is 0.326 e. The molecule has 1 aliphatic carbocycles. The Morgan fingerprint density at radius 2 is 2.00 bits per heavy atom. The van der Waals surface area contributed by atoms with Crippen molar-refractivity contribution in [3.63, 3.8) is 0 Å². The monoisotopic (exact) mass is 257 g/mol. The lowest BCUT2D eigenvalue weighted by Gasteiger charge is -2.21. The molecule has 1 saturated carbocycles. The molecular formula is C12H23N3O3. The van der Waals surface area contributed by atoms with Gasteiger partial charge in [0, 0.05) is 19.1 Å². The highest BCUT2D eigenvalue weighted by atomic mass is 16.4. The number of nitrogens with one attached hydrogen (secondary N) is 2. The number of carboxylic acids is 1. The van der Waals surface area contributed by atoms with Crippen LogP contribution in [0, 0.1) is 5.92 Å². The number of rotatable bonds is 7. The molecule has 6 heteroatoms. The van der Waals surface area contributed by atoms with Gasteiger partial charge in [-0.3, -0.25) is 0 Å². The molecule has 18 heavy (non-hydrogen) atoms. The number of nitrogens with zero attached hydrogens (tertiary/aromatic N) is 1. The number of carbonyl (C=O) groups excluding carboxylic acids is 1. The number of likely N-dealkylation sites (N-methyl/N-ethyl adjacent to an activating group) is 1. The van der Waals surface area contributed by atoms with E-state index in [1.54, 1.807) is 0 Å². The molecule has 104 valence electrons. The number of amides is 2. The predicted octanol–water partition coefficient (Wildman–Crippen LogP) is 0.489. The van der Waals surface area contributed by atoms with E-state index < -0.39 is 18.0 Å². The number of aliphatic carboxylic acids is 1. The molecule has 1 rings (SSSR count). The first-order valence-electron chi connectivity index (χ1n) is 6.39. The predicted molar refractivity (Wildman–Crippen MR) is 68.4 cm³/mol. The van der Waals surface area contributed by atoms with Gasteiger partial charge >= 0.3 is 12.0 Å². The quantitative estimate of drug-likeness (QED) is 0.620. The fraction of sp³-hybridized carbons (Fsp3) is 0.833. The molecule has 0 aliphatic heterocycles. The lowest BCUT2D eigenvalue weighted by Crippen LogP contribution is -2.48. The average Bonchev–Trinajstić information content (AvgIpc) is 3.08. The Kier molecular flexibility index (Phi) is 5.40. The highest BCUT2D eigenvalue weighted by Gasteiger charge is 2.37. The summed E-state index contributed by atoms with van der Waals surface area (Å²) in [7, 11) is 1.98. The van der Waals surface area contributed by atoms with Crippen LogP contribution in [0.5, 0.6) is 0 Å². The van der Waals surface area contributed by atoms with Crippen molar-refractivity contribution in [3.05, 3.63) is 0 Å². The number of urea groups is 1. The van der Waals surface area contributed by atoms with Crippen LogP contribution in [0.4, 0.5) is 4.79 Å². The van der Waals surface area contributed by atoms with E-state index in [0.717, 1.165) is 19.4 Å². The number of hydrogen-bond donors (Lipinski definition) is 3. The van der Waals surface area contributed by atoms with Crippen molar-refractivity contribution in [1.82, 2.24) is 15.5 Å². The maximum absolute atomic E-state index is 11.5. The fourth-order valence-electron chi connectivity index (χ4n) is 1.61. The highest BCUT2D eigenvalue weighted by Crippen LogP contribution is 2.32. The molecule has 2 amide bonds. The Morgan fingerprint density at radius 3 is 2.44 bits per heavy atom. The lowest BCUT2D eigenvalue weighted by molar-refractivity contribution is -0.139. The Bertz CT molecular complexity index is 303. The van der Waals surface area contributed by atoms with Crippen LogP contribution in [-0.2, 0) is 4.79 Å². The van der Waals surface area contributed by atoms with Gasteiger partial charge in [0.1, 0.15) is 6.04 Å². The zero-order valence-electron chi connectivity index (χ0n) is 11.3. The van der Waals surface area contributed by atoms with Crippen molar-refractivity contribution in [1.29, 1.82) is 0 Å². The number of carboxylic acid groups (broad SMARTS) is 1. The molecule has 1 atom stereocenters. The van der Waals surface area contributed by atoms with E-state index in [9.17, 15) is 9.59 Å². The van der Waals surface area contributed by atoms with Gasteiger partial charge < -0.3 is 20.6 Å². The van der Waals surface area contributed by atoms with Crippen molar-refractivity contribution < 1.29 is 14.7 Å². The normalized spacial score (nSPS) is 16.7. The van der Waals surface area contributed by atoms with Crippen molar-refractivity contribution in [2.45, 2.75) is 38.8 Å². The van der Waals surface area contributed by atoms with Crippen molar-refractivity contribution in [2.24, 2.45) is 5.92 Å². The zero-order valence-corrected chi connectivity index (χ0v) is 11.3. The third kappa shape index (κ3) is 4.91. The Labute approximate surface area is 108 Å². The third-order valence-corrected chi connectivity index (χ3v) is 3.28. The molecular weight excluding hydrogens is 234 g/mol. The Balaban J connectivity index is 2.22. The molecule has 1 fully saturated rings. The van der Waals surface area contributed by atoms with Crippen LogP contribution in [0.15, 0.2) is 0 Å². The summed E-state index contributed by atoms with van der Waals surface area (Å²) in [5.41, 5.74) is 0. The second-order valence-corrected chi connectivity index (χ2v) is 5.13. The second kappa shape index (κ2) is 6.58. The fourth-order valence-corrected chi connectivity index (χ4v) is 1.61. The number of hydrogen-bond acceptors (Lipinski definition) is 3. The molecule has 0 aromatic heterocycles. The van der Waals surface area contributed by atoms with E-state index in [2.05, 4.69) is 29.4 Å². The summed E-state index contributed by atoms with van der Waals surface area (Å²) in [5, 5.41) is 14.2. The summed E-state index contributed by atoms with van der Waals surface area (Å²) in [6, 6.07) is -0.715. The lowest BCUT2D eigenvalue weighted by atomic mass is 10.2. The number of carbonyl (C=O) groups is 2. The summed E-state index contributed by atoms with van der Waals surface area (Å²) >= 11 is 0. The van der Waals surface area contributed by atoms with Crippen LogP contribution < -0.4 is 10.6 Å². The SMILES string of the molecule is CC(C)N(C)CCNC(=O)NC(C(=O)O)C1CC1. The summed E-state index contributed by atoms with van der Waals surface area (Å²) in [6.07, 6.45) is 1.76. The maximum atomic E-state index is 11.5. The smallest absolute Gasteiger partial charge is 0.326 e. The minimum Gasteiger partial charge on any atom is -0.480 e. The Morgan fingerprint density at radius 1 is 1.39 bits per heavy atom. The summed E-state index contributed by atoms with van der Waals surface area (Å²) in [6.45, 7) is 5.41. The molecule has 0 bridgehead atoms. The van der Waals surface area contributed by atoms with E-state index >= 15 is 0 Å². The van der Waals surface area contributed by atoms with Crippen molar-refractivity contribution in [3.8, 4) is 0 Å². The van der Waals surface area contributed by atoms with Crippen molar-refractivity contribution in [2.75, 3.05) is 20.1 Å². The molecule has 0 radical (unpaired) electrons. The highest BCUT2D eigenvalue weighted by molar-refractivity contribution is 5.83. The van der Waals surface area contributed by atoms with Crippen LogP contribution in [0.1, 0.15) is 26.7 Å². The van der Waals surface area contributed by atoms with E-state index in [1.807, 2.05) is 7.05 Å². The van der Waals surface area contributed by atoms with Crippen LogP contribution in [0.3, 0.4) is 0 Å². The van der Waals surface area contributed by atoms with Gasteiger partial charge in [-0.15, -0.1) is 0 Å². The van der Waals surface area contributed by atoms with Gasteiger partial charge in [0.2, 0.25) is 0 Å². The van der Waals surface area contributed by atoms with Gasteiger partial charge in [0.05, 0.1) is 0 Å². The van der Waals surface area contributed by atoms with Gasteiger partial charge in [0.15, 0.2) is 0 Å². The van der Waals surface area contributed by atoms with E-state index in [0.29, 0.717) is 12.6 Å². The van der Waals surface area contributed by atoms with Crippen LogP contribution in [-0.4, -0.2) is 54.2 Å². The first-order chi connectivity index (χ1) is 8.41. The summed E-state index contributed by atoms with van der Waals surface area (Å²) < 4.78 is 0.